The molecule has 3 aromatic carbocycles. The van der Waals surface area contributed by atoms with Gasteiger partial charge in [0.2, 0.25) is 35.4 Å². The molecule has 3 N–H and O–H groups in total. The number of halogens is 3. The number of fused-ring (bicyclic) bond motifs is 15. The Kier molecular flexibility index (Phi) is 33.1. The Morgan fingerprint density at radius 2 is 0.722 bits per heavy atom. The van der Waals surface area contributed by atoms with Gasteiger partial charge in [0, 0.05) is 79.8 Å². The number of aromatic nitrogens is 6. The molecule has 33 heteroatoms. The van der Waals surface area contributed by atoms with Crippen LogP contribution >= 0.6 is 0 Å². The number of rotatable bonds is 3. The number of hydrogen-bond donors (Lipinski definition) is 3. The van der Waals surface area contributed by atoms with E-state index in [2.05, 4.69) is 30.9 Å². The Labute approximate surface area is 772 Å². The minimum atomic E-state index is -0.937. The fraction of sp³-hybridized carbons (Fsp3) is 0.645. The standard InChI is InChI=1S/C32H42FN4O5.C31H40FN4O5.C30H38FN4O5.3V/c1-19-25(18-38)37-17-26(19)41-28-23(34-22-14-13-21(33)16-24(22)35-28)12-8-6-7-10-20-11-9-15-32(20,5)42-30(40)36-27(29(37)39)31(2,3)4;1-18-24(17-37)36-16-26(18)40-28-22(33-21-14-13-20(32)15-23(21)34-28)11-7-5-6-9-19-10-8-12-25(19)41-30(39)35-27(29(36)38)31(2,3)4;1-17-23(16-36)35-15-24(17)39-26-21(32-20-12-11-19(31)13-22(20)33-26)10-8-6-7-9-18-14-30(18,5)40-28(38)34-25(27(35)37)29(2,3)4;;;/h13-14,16,19-20,25-27H,6-12,15,17H2,1-5H3,(H,36,40);13-15,18-19,24-27H,5-12,16H2,1-4H3,(H,35,39);11-13,17-18,23-25H,6-10,14-15H2,1-5H3,(H,34,38);;;/q3*-1;;;/t19-,20+,25+,26-,27+,32+;18-,19+,24+,25+,26-,27+;17-,18+,23+,24-,25+,30+;;;/m000.../s1. The smallest absolute Gasteiger partial charge is 0.408 e. The number of carbonyl (C=O) groups is 6. The van der Waals surface area contributed by atoms with Gasteiger partial charge in [-0.05, 0) is 199 Å². The molecule has 3 aliphatic carbocycles. The fourth-order valence-electron chi connectivity index (χ4n) is 19.1. The second-order valence-electron chi connectivity index (χ2n) is 39.2. The van der Waals surface area contributed by atoms with E-state index in [1.165, 1.54) is 51.1 Å². The van der Waals surface area contributed by atoms with Gasteiger partial charge in [0.1, 0.15) is 88.3 Å². The van der Waals surface area contributed by atoms with Crippen molar-refractivity contribution in [3.8, 4) is 17.6 Å². The Bertz CT molecular complexity index is 4930. The van der Waals surface area contributed by atoms with Crippen molar-refractivity contribution in [1.29, 1.82) is 0 Å². The third kappa shape index (κ3) is 23.2. The Hall–Kier alpha value is -8.15. The van der Waals surface area contributed by atoms with E-state index in [0.717, 1.165) is 122 Å². The number of benzene rings is 3. The quantitative estimate of drug-likeness (QED) is 0.109. The molecule has 3 saturated carbocycles. The monoisotopic (exact) mass is 1850 g/mol. The van der Waals surface area contributed by atoms with Crippen LogP contribution in [0.3, 0.4) is 0 Å². The summed E-state index contributed by atoms with van der Waals surface area (Å²) in [6.45, 7) is 26.5. The molecule has 6 fully saturated rings. The van der Waals surface area contributed by atoms with Crippen LogP contribution in [0.2, 0.25) is 0 Å². The van der Waals surface area contributed by atoms with Crippen LogP contribution in [0.5, 0.6) is 17.6 Å². The number of aryl methyl sites for hydroxylation is 3. The van der Waals surface area contributed by atoms with Crippen molar-refractivity contribution < 1.29 is 140 Å². The normalized spacial score (nSPS) is 30.2. The fourth-order valence-corrected chi connectivity index (χ4v) is 19.1. The third-order valence-electron chi connectivity index (χ3n) is 26.9. The van der Waals surface area contributed by atoms with Crippen molar-refractivity contribution >= 4 is 88.0 Å². The third-order valence-corrected chi connectivity index (χ3v) is 26.9. The topological polar surface area (TPSA) is 332 Å². The summed E-state index contributed by atoms with van der Waals surface area (Å²) in [5.74, 6) is -1.99. The van der Waals surface area contributed by atoms with E-state index in [9.17, 15) is 56.3 Å². The SMILES string of the molecule is C[C@@H]1[C@@H]2CN(C(=O)[C@H](C(C)(C)C)NC(=O)O[C@@H]3CCC[C@H]3CCCCCc3nc4ccc(F)cc4nc3O2)[C@@H]1[C-]=O.C[C@@H]1[C@@H]2CN(C(=O)[C@H](C(C)(C)C)NC(=O)O[C@]3(C)CCC[C@H]3CCCCCc3nc4ccc(F)cc4nc3O2)[C@@H]1[C-]=O.C[C@@H]1[C@@H]2CN(C(=O)[C@H](C(C)(C)C)NC(=O)O[C@]3(C)C[C@H]3CCCCCc3nc4ccc(F)cc4nc3O2)[C@@H]1[C-]=O.[V].[V].[V]. The van der Waals surface area contributed by atoms with Crippen molar-refractivity contribution in [1.82, 2.24) is 60.6 Å². The van der Waals surface area contributed by atoms with Gasteiger partial charge >= 0.3 is 18.3 Å². The molecule has 3 radical (unpaired) electrons. The number of alkyl carbamates (subject to hydrolysis) is 3. The summed E-state index contributed by atoms with van der Waals surface area (Å²) in [6, 6.07) is 7.47. The second kappa shape index (κ2) is 41.7. The molecule has 681 valence electrons. The Morgan fingerprint density at radius 1 is 0.389 bits per heavy atom. The number of hydrogen-bond acceptors (Lipinski definition) is 21. The number of nitrogens with zero attached hydrogens (tertiary/aromatic N) is 9. The van der Waals surface area contributed by atoms with E-state index in [4.69, 9.17) is 43.4 Å². The van der Waals surface area contributed by atoms with Gasteiger partial charge in [0.15, 0.2) is 0 Å². The molecular formula is C93H120F3N12O15V3-3. The first kappa shape index (κ1) is 100. The molecule has 6 amide bonds. The first-order chi connectivity index (χ1) is 58.3. The van der Waals surface area contributed by atoms with Crippen LogP contribution in [0.1, 0.15) is 236 Å². The zero-order valence-corrected chi connectivity index (χ0v) is 78.9. The van der Waals surface area contributed by atoms with Gasteiger partial charge < -0.3 is 73.5 Å². The first-order valence-electron chi connectivity index (χ1n) is 44.2. The summed E-state index contributed by atoms with van der Waals surface area (Å²) in [5, 5.41) is 8.47. The molecule has 6 bridgehead atoms. The van der Waals surface area contributed by atoms with E-state index < -0.39 is 153 Å². The molecule has 126 heavy (non-hydrogen) atoms. The average Bonchev–Trinajstić information content (AvgIpc) is 1.61. The number of amides is 6. The van der Waals surface area contributed by atoms with E-state index in [1.807, 2.05) is 116 Å². The number of carbonyl (C=O) groups excluding carboxylic acids is 9. The van der Waals surface area contributed by atoms with E-state index >= 15 is 0 Å². The summed E-state index contributed by atoms with van der Waals surface area (Å²) in [4.78, 5) is 150. The van der Waals surface area contributed by atoms with Crippen LogP contribution in [0.25, 0.3) is 33.1 Å². The van der Waals surface area contributed by atoms with Crippen molar-refractivity contribution in [3.63, 3.8) is 0 Å². The average molecular weight is 1860 g/mol. The van der Waals surface area contributed by atoms with Crippen LogP contribution in [0, 0.1) is 69.2 Å². The van der Waals surface area contributed by atoms with Crippen LogP contribution in [0.4, 0.5) is 27.6 Å². The zero-order chi connectivity index (χ0) is 88.4. The van der Waals surface area contributed by atoms with E-state index in [1.54, 1.807) is 18.2 Å². The van der Waals surface area contributed by atoms with Crippen molar-refractivity contribution in [2.45, 2.75) is 310 Å². The molecule has 6 aromatic rings. The maximum Gasteiger partial charge on any atom is 0.408 e. The van der Waals surface area contributed by atoms with Gasteiger partial charge in [-0.2, -0.15) is 0 Å². The minimum Gasteiger partial charge on any atom is -0.540 e. The van der Waals surface area contributed by atoms with Crippen molar-refractivity contribution in [2.24, 2.45) is 51.8 Å². The number of ether oxygens (including phenoxy) is 6. The van der Waals surface area contributed by atoms with Gasteiger partial charge in [-0.3, -0.25) is 14.4 Å². The summed E-state index contributed by atoms with van der Waals surface area (Å²) in [5.41, 5.74) is 1.78. The Balaban J connectivity index is 0.000000195. The van der Waals surface area contributed by atoms with E-state index in [-0.39, 0.29) is 99.2 Å². The molecule has 9 aliphatic rings. The molecule has 6 aliphatic heterocycles. The van der Waals surface area contributed by atoms with Gasteiger partial charge in [-0.25, -0.2) is 76.3 Å². The van der Waals surface area contributed by atoms with Gasteiger partial charge in [0.25, 0.3) is 0 Å². The van der Waals surface area contributed by atoms with Crippen LogP contribution in [-0.2, 0) is 118 Å². The second-order valence-corrected chi connectivity index (χ2v) is 39.2. The molecule has 3 saturated heterocycles. The van der Waals surface area contributed by atoms with Crippen LogP contribution in [-0.4, -0.2) is 191 Å². The maximum atomic E-state index is 14.0. The summed E-state index contributed by atoms with van der Waals surface area (Å²) >= 11 is 0. The number of nitrogens with one attached hydrogen (secondary N) is 3. The van der Waals surface area contributed by atoms with Gasteiger partial charge in [-0.15, -0.1) is 0 Å². The zero-order valence-electron chi connectivity index (χ0n) is 74.7. The Morgan fingerprint density at radius 3 is 1.09 bits per heavy atom. The van der Waals surface area contributed by atoms with Crippen LogP contribution < -0.4 is 30.2 Å². The van der Waals surface area contributed by atoms with E-state index in [0.29, 0.717) is 87.1 Å². The molecule has 18 atom stereocenters. The maximum absolute atomic E-state index is 14.0. The molecule has 0 spiro atoms. The summed E-state index contributed by atoms with van der Waals surface area (Å²) in [7, 11) is 0. The van der Waals surface area contributed by atoms with Gasteiger partial charge in [-0.1, -0.05) is 140 Å². The predicted octanol–water partition coefficient (Wildman–Crippen LogP) is 14.7. The largest absolute Gasteiger partial charge is 0.540 e. The summed E-state index contributed by atoms with van der Waals surface area (Å²) < 4.78 is 79.0. The molecular weight excluding hydrogens is 1730 g/mol. The molecule has 3 aromatic heterocycles. The van der Waals surface area contributed by atoms with Gasteiger partial charge in [0.05, 0.1) is 52.7 Å². The summed E-state index contributed by atoms with van der Waals surface area (Å²) in [6.07, 6.45) is 21.7. The van der Waals surface area contributed by atoms with Crippen molar-refractivity contribution in [3.05, 3.63) is 89.1 Å². The first-order valence-corrected chi connectivity index (χ1v) is 44.2. The molecule has 0 unspecified atom stereocenters. The molecule has 15 rings (SSSR count). The molecule has 27 nitrogen and oxygen atoms in total. The minimum absolute atomic E-state index is 0. The molecule has 9 heterocycles. The van der Waals surface area contributed by atoms with Crippen LogP contribution in [0.15, 0.2) is 54.6 Å². The van der Waals surface area contributed by atoms with Crippen molar-refractivity contribution in [2.75, 3.05) is 19.6 Å². The predicted molar refractivity (Wildman–Crippen MR) is 451 cm³/mol.